The molecule has 1 N–H and O–H groups in total. The standard InChI is InChI=1S/C21H28N2O5S/c1-6-19(23(29(5,25)26)16-10-8-7-9-11-16)21(24)22-15(2)18-14-17(27-3)12-13-20(18)28-4/h7-15,19H,6H2,1-5H3,(H,22,24)/t15-,19+/m1/s1. The molecule has 0 fully saturated rings. The lowest BCUT2D eigenvalue weighted by Gasteiger charge is -2.31. The van der Waals surface area contributed by atoms with E-state index in [1.54, 1.807) is 69.7 Å². The number of hydrogen-bond donors (Lipinski definition) is 1. The van der Waals surface area contributed by atoms with Crippen LogP contribution in [0.15, 0.2) is 48.5 Å². The third-order valence-corrected chi connectivity index (χ3v) is 5.78. The molecule has 0 aromatic heterocycles. The summed E-state index contributed by atoms with van der Waals surface area (Å²) in [5.41, 5.74) is 1.18. The van der Waals surface area contributed by atoms with Gasteiger partial charge in [0, 0.05) is 5.56 Å². The van der Waals surface area contributed by atoms with Gasteiger partial charge in [-0.2, -0.15) is 0 Å². The van der Waals surface area contributed by atoms with Gasteiger partial charge in [-0.05, 0) is 43.7 Å². The Bertz CT molecular complexity index is 931. The summed E-state index contributed by atoms with van der Waals surface area (Å²) < 4.78 is 36.8. The Morgan fingerprint density at radius 3 is 2.28 bits per heavy atom. The highest BCUT2D eigenvalue weighted by Gasteiger charge is 2.32. The van der Waals surface area contributed by atoms with Crippen molar-refractivity contribution in [3.05, 3.63) is 54.1 Å². The van der Waals surface area contributed by atoms with Crippen LogP contribution in [0.3, 0.4) is 0 Å². The number of anilines is 1. The lowest BCUT2D eigenvalue weighted by atomic mass is 10.1. The van der Waals surface area contributed by atoms with Gasteiger partial charge in [0.2, 0.25) is 15.9 Å². The van der Waals surface area contributed by atoms with Gasteiger partial charge in [0.15, 0.2) is 0 Å². The van der Waals surface area contributed by atoms with E-state index < -0.39 is 22.1 Å². The number of para-hydroxylation sites is 1. The zero-order valence-electron chi connectivity index (χ0n) is 17.4. The predicted molar refractivity (Wildman–Crippen MR) is 114 cm³/mol. The van der Waals surface area contributed by atoms with Crippen molar-refractivity contribution in [1.29, 1.82) is 0 Å². The molecular formula is C21H28N2O5S. The Hall–Kier alpha value is -2.74. The van der Waals surface area contributed by atoms with Gasteiger partial charge < -0.3 is 14.8 Å². The number of methoxy groups -OCH3 is 2. The number of carbonyl (C=O) groups is 1. The first kappa shape index (κ1) is 22.5. The van der Waals surface area contributed by atoms with Crippen molar-refractivity contribution in [1.82, 2.24) is 5.32 Å². The smallest absolute Gasteiger partial charge is 0.244 e. The first-order chi connectivity index (χ1) is 13.7. The van der Waals surface area contributed by atoms with Gasteiger partial charge in [0.25, 0.3) is 0 Å². The molecule has 2 aromatic carbocycles. The van der Waals surface area contributed by atoms with E-state index in [1.807, 2.05) is 6.92 Å². The van der Waals surface area contributed by atoms with Crippen LogP contribution in [0.4, 0.5) is 5.69 Å². The van der Waals surface area contributed by atoms with Crippen LogP contribution >= 0.6 is 0 Å². The highest BCUT2D eigenvalue weighted by Crippen LogP contribution is 2.30. The maximum atomic E-state index is 13.1. The molecule has 0 spiro atoms. The van der Waals surface area contributed by atoms with Crippen LogP contribution in [-0.4, -0.2) is 40.8 Å². The number of rotatable bonds is 9. The minimum absolute atomic E-state index is 0.315. The van der Waals surface area contributed by atoms with Crippen molar-refractivity contribution >= 4 is 21.6 Å². The highest BCUT2D eigenvalue weighted by molar-refractivity contribution is 7.92. The molecule has 8 heteroatoms. The van der Waals surface area contributed by atoms with Gasteiger partial charge >= 0.3 is 0 Å². The Balaban J connectivity index is 2.34. The quantitative estimate of drug-likeness (QED) is 0.674. The summed E-state index contributed by atoms with van der Waals surface area (Å²) in [4.78, 5) is 13.1. The van der Waals surface area contributed by atoms with Crippen LogP contribution in [0, 0.1) is 0 Å². The Morgan fingerprint density at radius 1 is 1.10 bits per heavy atom. The second-order valence-electron chi connectivity index (χ2n) is 6.66. The minimum atomic E-state index is -3.67. The lowest BCUT2D eigenvalue weighted by Crippen LogP contribution is -2.49. The number of sulfonamides is 1. The van der Waals surface area contributed by atoms with Gasteiger partial charge in [0.05, 0.1) is 32.2 Å². The number of nitrogens with one attached hydrogen (secondary N) is 1. The van der Waals surface area contributed by atoms with E-state index in [4.69, 9.17) is 9.47 Å². The normalized spacial score (nSPS) is 13.3. The molecule has 0 saturated carbocycles. The molecule has 0 aliphatic carbocycles. The van der Waals surface area contributed by atoms with Crippen LogP contribution in [0.5, 0.6) is 11.5 Å². The lowest BCUT2D eigenvalue weighted by molar-refractivity contribution is -0.122. The van der Waals surface area contributed by atoms with Crippen LogP contribution in [0.2, 0.25) is 0 Å². The maximum absolute atomic E-state index is 13.1. The number of benzene rings is 2. The number of amides is 1. The van der Waals surface area contributed by atoms with E-state index in [-0.39, 0.29) is 5.91 Å². The number of nitrogens with zero attached hydrogens (tertiary/aromatic N) is 1. The second-order valence-corrected chi connectivity index (χ2v) is 8.52. The van der Waals surface area contributed by atoms with Gasteiger partial charge in [-0.3, -0.25) is 9.10 Å². The Kier molecular flexibility index (Phi) is 7.50. The number of carbonyl (C=O) groups excluding carboxylic acids is 1. The SMILES string of the molecule is CC[C@@H](C(=O)N[C@H](C)c1cc(OC)ccc1OC)N(c1ccccc1)S(C)(=O)=O. The topological polar surface area (TPSA) is 84.9 Å². The monoisotopic (exact) mass is 420 g/mol. The molecule has 7 nitrogen and oxygen atoms in total. The summed E-state index contributed by atoms with van der Waals surface area (Å²) in [6, 6.07) is 12.6. The van der Waals surface area contributed by atoms with E-state index in [0.29, 0.717) is 23.6 Å². The third-order valence-electron chi connectivity index (χ3n) is 4.60. The fourth-order valence-corrected chi connectivity index (χ4v) is 4.41. The first-order valence-electron chi connectivity index (χ1n) is 9.29. The highest BCUT2D eigenvalue weighted by atomic mass is 32.2. The molecule has 2 atom stereocenters. The summed E-state index contributed by atoms with van der Waals surface area (Å²) in [5, 5.41) is 2.91. The van der Waals surface area contributed by atoms with Gasteiger partial charge in [-0.15, -0.1) is 0 Å². The van der Waals surface area contributed by atoms with Gasteiger partial charge in [0.1, 0.15) is 17.5 Å². The van der Waals surface area contributed by atoms with Crippen LogP contribution in [0.1, 0.15) is 31.9 Å². The van der Waals surface area contributed by atoms with Gasteiger partial charge in [-0.1, -0.05) is 25.1 Å². The Labute approximate surface area is 172 Å². The van der Waals surface area contributed by atoms with Crippen LogP contribution in [-0.2, 0) is 14.8 Å². The predicted octanol–water partition coefficient (Wildman–Crippen LogP) is 3.13. The van der Waals surface area contributed by atoms with E-state index in [0.717, 1.165) is 16.1 Å². The van der Waals surface area contributed by atoms with Crippen molar-refractivity contribution < 1.29 is 22.7 Å². The first-order valence-corrected chi connectivity index (χ1v) is 11.1. The van der Waals surface area contributed by atoms with Crippen molar-refractivity contribution in [3.63, 3.8) is 0 Å². The molecule has 29 heavy (non-hydrogen) atoms. The van der Waals surface area contributed by atoms with Crippen molar-refractivity contribution in [3.8, 4) is 11.5 Å². The average Bonchev–Trinajstić information content (AvgIpc) is 2.70. The van der Waals surface area contributed by atoms with Crippen LogP contribution < -0.4 is 19.1 Å². The van der Waals surface area contributed by atoms with E-state index in [2.05, 4.69) is 5.32 Å². The van der Waals surface area contributed by atoms with E-state index >= 15 is 0 Å². The molecule has 0 bridgehead atoms. The molecule has 0 radical (unpaired) electrons. The summed E-state index contributed by atoms with van der Waals surface area (Å²) in [6.07, 6.45) is 1.42. The molecule has 0 unspecified atom stereocenters. The molecule has 2 aromatic rings. The maximum Gasteiger partial charge on any atom is 0.244 e. The third kappa shape index (κ3) is 5.41. The molecule has 0 heterocycles. The van der Waals surface area contributed by atoms with Crippen molar-refractivity contribution in [2.45, 2.75) is 32.4 Å². The molecular weight excluding hydrogens is 392 g/mol. The fraction of sp³-hybridized carbons (Fsp3) is 0.381. The molecule has 0 aliphatic rings. The average molecular weight is 421 g/mol. The largest absolute Gasteiger partial charge is 0.497 e. The van der Waals surface area contributed by atoms with Crippen molar-refractivity contribution in [2.75, 3.05) is 24.8 Å². The number of ether oxygens (including phenoxy) is 2. The zero-order valence-corrected chi connectivity index (χ0v) is 18.2. The second kappa shape index (κ2) is 9.65. The van der Waals surface area contributed by atoms with E-state index in [1.165, 1.54) is 0 Å². The fourth-order valence-electron chi connectivity index (χ4n) is 3.20. The zero-order chi connectivity index (χ0) is 21.6. The summed E-state index contributed by atoms with van der Waals surface area (Å²) in [5.74, 6) is 0.852. The van der Waals surface area contributed by atoms with E-state index in [9.17, 15) is 13.2 Å². The number of hydrogen-bond acceptors (Lipinski definition) is 5. The summed E-state index contributed by atoms with van der Waals surface area (Å²) in [6.45, 7) is 3.59. The molecule has 1 amide bonds. The minimum Gasteiger partial charge on any atom is -0.497 e. The summed E-state index contributed by atoms with van der Waals surface area (Å²) >= 11 is 0. The molecule has 2 rings (SSSR count). The van der Waals surface area contributed by atoms with Crippen LogP contribution in [0.25, 0.3) is 0 Å². The Morgan fingerprint density at radius 2 is 1.76 bits per heavy atom. The summed E-state index contributed by atoms with van der Waals surface area (Å²) in [7, 11) is -0.558. The van der Waals surface area contributed by atoms with Crippen molar-refractivity contribution in [2.24, 2.45) is 0 Å². The van der Waals surface area contributed by atoms with Gasteiger partial charge in [-0.25, -0.2) is 8.42 Å². The molecule has 0 aliphatic heterocycles. The molecule has 158 valence electrons. The molecule has 0 saturated heterocycles.